The first kappa shape index (κ1) is 45.2. The number of carbonyl (C=O) groups excluding carboxylic acids is 1. The first-order valence-electron chi connectivity index (χ1n) is 21.0. The molecule has 2 aromatic carbocycles. The molecule has 350 valence electrons. The average Bonchev–Trinajstić information content (AvgIpc) is 3.93. The van der Waals surface area contributed by atoms with Crippen molar-refractivity contribution in [3.05, 3.63) is 115 Å². The molecule has 1 aliphatic heterocycles. The van der Waals surface area contributed by atoms with Crippen molar-refractivity contribution >= 4 is 88.6 Å². The van der Waals surface area contributed by atoms with E-state index in [2.05, 4.69) is 66.3 Å². The minimum Gasteiger partial charge on any atom is -0.369 e. The average molecular weight is 960 g/mol. The fraction of sp³-hybridized carbons (Fsp3) is 0.262. The standard InChI is InChI=1S/C42H45N19O5S2/c1-57(67(3,63)64)38-34(44-13-15-46-38)25-60-36-28(22-50-60)21-49-41(55-36)52-29-7-5-27(6-8-29)40(62)48-24-33-32-23-51-61(26-35-39(47-16-14-45-35)58(2)68(4,65)66)37(32)56-42(54-33)53-30-9-11-31(12-10-30)59-19-17-43-18-20-59/h5-16,21-23,43H,17-20,24-26H2,1-4H3,(H,48,62)(H,49,52,55)(H,53,54,56). The Morgan fingerprint density at radius 2 is 1.19 bits per heavy atom. The summed E-state index contributed by atoms with van der Waals surface area (Å²) < 4.78 is 54.7. The van der Waals surface area contributed by atoms with Crippen LogP contribution >= 0.6 is 0 Å². The van der Waals surface area contributed by atoms with Crippen LogP contribution in [0.2, 0.25) is 0 Å². The molecule has 0 atom stereocenters. The van der Waals surface area contributed by atoms with E-state index in [9.17, 15) is 21.6 Å². The monoisotopic (exact) mass is 959 g/mol. The number of amides is 1. The number of sulfonamides is 2. The molecular formula is C42H45N19O5S2. The number of anilines is 7. The molecule has 1 aliphatic rings. The van der Waals surface area contributed by atoms with Gasteiger partial charge in [0, 0.05) is 93.9 Å². The maximum atomic E-state index is 13.6. The van der Waals surface area contributed by atoms with E-state index in [1.807, 2.05) is 24.3 Å². The van der Waals surface area contributed by atoms with Crippen LogP contribution in [-0.2, 0) is 39.7 Å². The molecule has 4 N–H and O–H groups in total. The number of piperazine rings is 1. The molecule has 24 nitrogen and oxygen atoms in total. The predicted molar refractivity (Wildman–Crippen MR) is 255 cm³/mol. The lowest BCUT2D eigenvalue weighted by Crippen LogP contribution is -2.43. The van der Waals surface area contributed by atoms with E-state index in [4.69, 9.17) is 9.97 Å². The topological polar surface area (TPSA) is 282 Å². The highest BCUT2D eigenvalue weighted by Crippen LogP contribution is 2.26. The fourth-order valence-corrected chi connectivity index (χ4v) is 8.27. The summed E-state index contributed by atoms with van der Waals surface area (Å²) >= 11 is 0. The number of carbonyl (C=O) groups is 1. The largest absolute Gasteiger partial charge is 0.369 e. The predicted octanol–water partition coefficient (Wildman–Crippen LogP) is 2.26. The van der Waals surface area contributed by atoms with Gasteiger partial charge in [0.05, 0.1) is 61.0 Å². The van der Waals surface area contributed by atoms with Crippen LogP contribution in [0, 0.1) is 0 Å². The Morgan fingerprint density at radius 1 is 0.647 bits per heavy atom. The van der Waals surface area contributed by atoms with Crippen molar-refractivity contribution in [2.75, 3.05) is 76.9 Å². The van der Waals surface area contributed by atoms with E-state index in [1.165, 1.54) is 38.9 Å². The Balaban J connectivity index is 0.926. The number of benzene rings is 2. The number of hydrogen-bond acceptors (Lipinski definition) is 19. The van der Waals surface area contributed by atoms with E-state index >= 15 is 0 Å². The minimum atomic E-state index is -3.65. The van der Waals surface area contributed by atoms with Crippen LogP contribution in [0.5, 0.6) is 0 Å². The highest BCUT2D eigenvalue weighted by Gasteiger charge is 2.23. The van der Waals surface area contributed by atoms with Gasteiger partial charge in [-0.05, 0) is 48.5 Å². The maximum absolute atomic E-state index is 13.6. The van der Waals surface area contributed by atoms with Crippen LogP contribution in [0.15, 0.2) is 91.9 Å². The first-order valence-corrected chi connectivity index (χ1v) is 24.7. The van der Waals surface area contributed by atoms with Crippen molar-refractivity contribution in [3.8, 4) is 0 Å². The summed E-state index contributed by atoms with van der Waals surface area (Å²) in [5.74, 6) is 0.468. The third-order valence-electron chi connectivity index (χ3n) is 11.1. The lowest BCUT2D eigenvalue weighted by Gasteiger charge is -2.29. The van der Waals surface area contributed by atoms with Crippen LogP contribution in [0.1, 0.15) is 27.4 Å². The first-order chi connectivity index (χ1) is 32.7. The second kappa shape index (κ2) is 18.7. The van der Waals surface area contributed by atoms with E-state index in [1.54, 1.807) is 52.2 Å². The normalized spacial score (nSPS) is 13.1. The number of aromatic nitrogens is 12. The second-order valence-electron chi connectivity index (χ2n) is 15.7. The van der Waals surface area contributed by atoms with Crippen LogP contribution in [0.4, 0.5) is 40.6 Å². The van der Waals surface area contributed by atoms with Crippen molar-refractivity contribution < 1.29 is 21.6 Å². The molecule has 26 heteroatoms. The lowest BCUT2D eigenvalue weighted by atomic mass is 10.2. The van der Waals surface area contributed by atoms with E-state index < -0.39 is 20.0 Å². The van der Waals surface area contributed by atoms with Crippen molar-refractivity contribution in [2.45, 2.75) is 19.6 Å². The van der Waals surface area contributed by atoms with Crippen LogP contribution < -0.4 is 34.8 Å². The fourth-order valence-electron chi connectivity index (χ4n) is 7.34. The summed E-state index contributed by atoms with van der Waals surface area (Å²) in [4.78, 5) is 52.0. The third kappa shape index (κ3) is 9.91. The molecule has 0 aliphatic carbocycles. The molecule has 8 aromatic rings. The molecule has 1 fully saturated rings. The SMILES string of the molecule is CN(c1nccnc1Cn1ncc2cnc(Nc3ccc(C(=O)NCc4nc(Nc5ccc(N6CCNCC6)cc5)nc5c4cnn5Cc4nccnc4N(C)S(C)(=O)=O)cc3)nc21)S(C)(=O)=O. The van der Waals surface area contributed by atoms with Gasteiger partial charge in [-0.15, -0.1) is 0 Å². The van der Waals surface area contributed by atoms with Crippen LogP contribution in [-0.4, -0.2) is 135 Å². The van der Waals surface area contributed by atoms with Crippen molar-refractivity contribution in [3.63, 3.8) is 0 Å². The zero-order valence-electron chi connectivity index (χ0n) is 37.2. The molecule has 9 rings (SSSR count). The van der Waals surface area contributed by atoms with Crippen molar-refractivity contribution in [1.82, 2.24) is 70.1 Å². The Labute approximate surface area is 390 Å². The van der Waals surface area contributed by atoms with Gasteiger partial charge in [0.2, 0.25) is 31.9 Å². The Hall–Kier alpha value is -7.97. The van der Waals surface area contributed by atoms with Gasteiger partial charge >= 0.3 is 0 Å². The van der Waals surface area contributed by atoms with E-state index in [0.717, 1.165) is 58.7 Å². The Kier molecular flexibility index (Phi) is 12.4. The molecule has 1 amide bonds. The summed E-state index contributed by atoms with van der Waals surface area (Å²) in [6.45, 7) is 3.78. The molecule has 0 spiro atoms. The quantitative estimate of drug-likeness (QED) is 0.108. The molecule has 0 bridgehead atoms. The zero-order valence-corrected chi connectivity index (χ0v) is 38.8. The number of fused-ring (bicyclic) bond motifs is 2. The molecule has 0 saturated carbocycles. The number of hydrogen-bond donors (Lipinski definition) is 4. The van der Waals surface area contributed by atoms with Gasteiger partial charge in [-0.3, -0.25) is 23.4 Å². The maximum Gasteiger partial charge on any atom is 0.251 e. The van der Waals surface area contributed by atoms with Crippen molar-refractivity contribution in [1.29, 1.82) is 0 Å². The van der Waals surface area contributed by atoms with E-state index in [0.29, 0.717) is 50.4 Å². The van der Waals surface area contributed by atoms with Gasteiger partial charge in [-0.1, -0.05) is 0 Å². The molecule has 1 saturated heterocycles. The Morgan fingerprint density at radius 3 is 1.81 bits per heavy atom. The molecule has 68 heavy (non-hydrogen) atoms. The van der Waals surface area contributed by atoms with E-state index in [-0.39, 0.29) is 49.1 Å². The van der Waals surface area contributed by atoms with Gasteiger partial charge in [-0.25, -0.2) is 46.1 Å². The van der Waals surface area contributed by atoms with Gasteiger partial charge in [-0.2, -0.15) is 20.2 Å². The summed E-state index contributed by atoms with van der Waals surface area (Å²) in [7, 11) is -4.43. The summed E-state index contributed by atoms with van der Waals surface area (Å²) in [5, 5.41) is 23.0. The van der Waals surface area contributed by atoms with Gasteiger partial charge in [0.1, 0.15) is 11.4 Å². The summed E-state index contributed by atoms with van der Waals surface area (Å²) in [6.07, 6.45) is 12.8. The second-order valence-corrected chi connectivity index (χ2v) is 19.7. The molecule has 6 aromatic heterocycles. The van der Waals surface area contributed by atoms with Gasteiger partial charge < -0.3 is 26.2 Å². The lowest BCUT2D eigenvalue weighted by molar-refractivity contribution is 0.0950. The van der Waals surface area contributed by atoms with Crippen LogP contribution in [0.25, 0.3) is 22.1 Å². The highest BCUT2D eigenvalue weighted by atomic mass is 32.2. The number of nitrogens with one attached hydrogen (secondary N) is 4. The van der Waals surface area contributed by atoms with Gasteiger partial charge in [0.15, 0.2) is 22.9 Å². The molecule has 0 unspecified atom stereocenters. The molecular weight excluding hydrogens is 915 g/mol. The van der Waals surface area contributed by atoms with Gasteiger partial charge in [0.25, 0.3) is 5.91 Å². The molecule has 7 heterocycles. The van der Waals surface area contributed by atoms with Crippen LogP contribution in [0.3, 0.4) is 0 Å². The zero-order chi connectivity index (χ0) is 47.6. The molecule has 0 radical (unpaired) electrons. The number of nitrogens with zero attached hydrogens (tertiary/aromatic N) is 15. The summed E-state index contributed by atoms with van der Waals surface area (Å²) in [6, 6.07) is 14.7. The highest BCUT2D eigenvalue weighted by molar-refractivity contribution is 7.92. The Bertz CT molecular complexity index is 3360. The number of rotatable bonds is 16. The smallest absolute Gasteiger partial charge is 0.251 e. The summed E-state index contributed by atoms with van der Waals surface area (Å²) in [5.41, 5.74) is 4.92. The van der Waals surface area contributed by atoms with Crippen molar-refractivity contribution in [2.24, 2.45) is 0 Å². The third-order valence-corrected chi connectivity index (χ3v) is 13.4. The minimum absolute atomic E-state index is 0.00943.